The maximum Gasteiger partial charge on any atom is 0.412 e. The van der Waals surface area contributed by atoms with Crippen molar-refractivity contribution in [3.05, 3.63) is 42.0 Å². The van der Waals surface area contributed by atoms with Gasteiger partial charge in [-0.25, -0.2) is 9.78 Å². The summed E-state index contributed by atoms with van der Waals surface area (Å²) < 4.78 is 7.41. The molecule has 1 aromatic heterocycles. The quantitative estimate of drug-likeness (QED) is 0.822. The lowest BCUT2D eigenvalue weighted by Gasteiger charge is -2.20. The average molecular weight is 344 g/mol. The van der Waals surface area contributed by atoms with E-state index in [9.17, 15) is 4.79 Å². The third kappa shape index (κ3) is 5.52. The van der Waals surface area contributed by atoms with Gasteiger partial charge in [0, 0.05) is 29.8 Å². The molecule has 0 spiro atoms. The van der Waals surface area contributed by atoms with Gasteiger partial charge < -0.3 is 14.6 Å². The van der Waals surface area contributed by atoms with E-state index < -0.39 is 11.7 Å². The zero-order chi connectivity index (χ0) is 18.6. The van der Waals surface area contributed by atoms with Gasteiger partial charge in [-0.3, -0.25) is 5.32 Å². The third-order valence-electron chi connectivity index (χ3n) is 3.61. The number of hydrogen-bond donors (Lipinski definition) is 2. The Labute approximate surface area is 149 Å². The second kappa shape index (κ2) is 7.59. The summed E-state index contributed by atoms with van der Waals surface area (Å²) in [5.74, 6) is 0.991. The Balaban J connectivity index is 2.00. The Bertz CT molecular complexity index is 729. The summed E-state index contributed by atoms with van der Waals surface area (Å²) in [7, 11) is 0. The van der Waals surface area contributed by atoms with Crippen LogP contribution in [0.3, 0.4) is 0 Å². The van der Waals surface area contributed by atoms with Crippen LogP contribution in [0, 0.1) is 6.92 Å². The van der Waals surface area contributed by atoms with Crippen molar-refractivity contribution in [1.29, 1.82) is 0 Å². The van der Waals surface area contributed by atoms with E-state index in [0.717, 1.165) is 17.1 Å². The molecule has 0 bridgehead atoms. The summed E-state index contributed by atoms with van der Waals surface area (Å²) in [5, 5.41) is 6.16. The first-order valence-electron chi connectivity index (χ1n) is 8.52. The Morgan fingerprint density at radius 3 is 2.64 bits per heavy atom. The molecule has 0 unspecified atom stereocenters. The van der Waals surface area contributed by atoms with Crippen molar-refractivity contribution < 1.29 is 9.53 Å². The molecule has 0 aliphatic rings. The number of nitrogens with zero attached hydrogens (tertiary/aromatic N) is 2. The topological polar surface area (TPSA) is 68.2 Å². The van der Waals surface area contributed by atoms with Gasteiger partial charge in [0.05, 0.1) is 6.54 Å². The van der Waals surface area contributed by atoms with Gasteiger partial charge >= 0.3 is 6.09 Å². The molecule has 0 radical (unpaired) electrons. The monoisotopic (exact) mass is 344 g/mol. The van der Waals surface area contributed by atoms with Gasteiger partial charge in [0.2, 0.25) is 0 Å². The first-order valence-corrected chi connectivity index (χ1v) is 8.52. The standard InChI is InChI=1S/C19H28N4O2/c1-13(2)23-10-9-20-17(23)12-21-16-8-7-15(11-14(16)3)22-18(24)25-19(4,5)6/h7-11,13,21H,12H2,1-6H3,(H,22,24). The summed E-state index contributed by atoms with van der Waals surface area (Å²) in [6.45, 7) is 12.4. The highest BCUT2D eigenvalue weighted by Crippen LogP contribution is 2.21. The number of rotatable bonds is 5. The number of anilines is 2. The van der Waals surface area contributed by atoms with E-state index >= 15 is 0 Å². The van der Waals surface area contributed by atoms with Gasteiger partial charge in [-0.05, 0) is 65.3 Å². The highest BCUT2D eigenvalue weighted by Gasteiger charge is 2.16. The second-order valence-corrected chi connectivity index (χ2v) is 7.35. The van der Waals surface area contributed by atoms with Crippen LogP contribution in [0.25, 0.3) is 0 Å². The Hall–Kier alpha value is -2.50. The number of aromatic nitrogens is 2. The zero-order valence-corrected chi connectivity index (χ0v) is 15.9. The minimum atomic E-state index is -0.515. The minimum Gasteiger partial charge on any atom is -0.444 e. The largest absolute Gasteiger partial charge is 0.444 e. The number of aryl methyl sites for hydroxylation is 1. The van der Waals surface area contributed by atoms with Gasteiger partial charge in [0.25, 0.3) is 0 Å². The van der Waals surface area contributed by atoms with E-state index in [-0.39, 0.29) is 0 Å². The van der Waals surface area contributed by atoms with E-state index in [1.807, 2.05) is 58.3 Å². The van der Waals surface area contributed by atoms with Crippen molar-refractivity contribution in [2.75, 3.05) is 10.6 Å². The minimum absolute atomic E-state index is 0.376. The molecular formula is C19H28N4O2. The van der Waals surface area contributed by atoms with Crippen LogP contribution in [-0.2, 0) is 11.3 Å². The van der Waals surface area contributed by atoms with Crippen LogP contribution < -0.4 is 10.6 Å². The summed E-state index contributed by atoms with van der Waals surface area (Å²) in [4.78, 5) is 16.2. The van der Waals surface area contributed by atoms with Crippen LogP contribution in [0.4, 0.5) is 16.2 Å². The van der Waals surface area contributed by atoms with Crippen molar-refractivity contribution >= 4 is 17.5 Å². The molecule has 6 heteroatoms. The van der Waals surface area contributed by atoms with Crippen molar-refractivity contribution in [1.82, 2.24) is 9.55 Å². The molecule has 0 saturated heterocycles. The predicted molar refractivity (Wildman–Crippen MR) is 101 cm³/mol. The van der Waals surface area contributed by atoms with Gasteiger partial charge in [-0.2, -0.15) is 0 Å². The number of nitrogens with one attached hydrogen (secondary N) is 2. The molecule has 0 fully saturated rings. The SMILES string of the molecule is Cc1cc(NC(=O)OC(C)(C)C)ccc1NCc1nccn1C(C)C. The lowest BCUT2D eigenvalue weighted by Crippen LogP contribution is -2.27. The number of hydrogen-bond acceptors (Lipinski definition) is 4. The smallest absolute Gasteiger partial charge is 0.412 e. The van der Waals surface area contributed by atoms with Crippen LogP contribution in [0.2, 0.25) is 0 Å². The van der Waals surface area contributed by atoms with Gasteiger partial charge in [0.15, 0.2) is 0 Å². The summed E-state index contributed by atoms with van der Waals surface area (Å²) >= 11 is 0. The molecule has 2 aromatic rings. The van der Waals surface area contributed by atoms with Crippen LogP contribution in [-0.4, -0.2) is 21.2 Å². The molecule has 1 aromatic carbocycles. The summed E-state index contributed by atoms with van der Waals surface area (Å²) in [5.41, 5.74) is 2.24. The Morgan fingerprint density at radius 2 is 2.04 bits per heavy atom. The number of carbonyl (C=O) groups excluding carboxylic acids is 1. The Morgan fingerprint density at radius 1 is 1.32 bits per heavy atom. The van der Waals surface area contributed by atoms with E-state index in [1.165, 1.54) is 0 Å². The average Bonchev–Trinajstić information content (AvgIpc) is 2.93. The predicted octanol–water partition coefficient (Wildman–Crippen LogP) is 4.73. The molecule has 1 amide bonds. The molecule has 6 nitrogen and oxygen atoms in total. The summed E-state index contributed by atoms with van der Waals surface area (Å²) in [6, 6.07) is 6.10. The fourth-order valence-electron chi connectivity index (χ4n) is 2.49. The molecule has 0 atom stereocenters. The lowest BCUT2D eigenvalue weighted by molar-refractivity contribution is 0.0636. The number of amides is 1. The molecule has 0 aliphatic carbocycles. The first-order chi connectivity index (χ1) is 11.7. The highest BCUT2D eigenvalue weighted by molar-refractivity contribution is 5.85. The van der Waals surface area contributed by atoms with Gasteiger partial charge in [0.1, 0.15) is 11.4 Å². The van der Waals surface area contributed by atoms with Gasteiger partial charge in [-0.15, -0.1) is 0 Å². The molecule has 136 valence electrons. The normalized spacial score (nSPS) is 11.5. The van der Waals surface area contributed by atoms with Crippen LogP contribution in [0.15, 0.2) is 30.6 Å². The first kappa shape index (κ1) is 18.8. The summed E-state index contributed by atoms with van der Waals surface area (Å²) in [6.07, 6.45) is 3.35. The van der Waals surface area contributed by atoms with Crippen LogP contribution in [0.1, 0.15) is 52.0 Å². The highest BCUT2D eigenvalue weighted by atomic mass is 16.6. The number of benzene rings is 1. The van der Waals surface area contributed by atoms with E-state index in [4.69, 9.17) is 4.74 Å². The van der Waals surface area contributed by atoms with Crippen LogP contribution in [0.5, 0.6) is 0 Å². The van der Waals surface area contributed by atoms with E-state index in [2.05, 4.69) is 34.0 Å². The molecule has 2 N–H and O–H groups in total. The van der Waals surface area contributed by atoms with E-state index in [0.29, 0.717) is 18.3 Å². The molecule has 1 heterocycles. The molecule has 25 heavy (non-hydrogen) atoms. The maximum atomic E-state index is 11.8. The molecular weight excluding hydrogens is 316 g/mol. The second-order valence-electron chi connectivity index (χ2n) is 7.35. The van der Waals surface area contributed by atoms with Crippen molar-refractivity contribution in [3.63, 3.8) is 0 Å². The van der Waals surface area contributed by atoms with Crippen molar-refractivity contribution in [2.24, 2.45) is 0 Å². The van der Waals surface area contributed by atoms with Crippen molar-refractivity contribution in [2.45, 2.75) is 59.7 Å². The Kier molecular flexibility index (Phi) is 5.72. The molecule has 0 aliphatic heterocycles. The zero-order valence-electron chi connectivity index (χ0n) is 15.9. The molecule has 0 saturated carbocycles. The number of carbonyl (C=O) groups is 1. The number of ether oxygens (including phenoxy) is 1. The molecule has 2 rings (SSSR count). The van der Waals surface area contributed by atoms with Gasteiger partial charge in [-0.1, -0.05) is 0 Å². The number of imidazole rings is 1. The lowest BCUT2D eigenvalue weighted by atomic mass is 10.1. The maximum absolute atomic E-state index is 11.8. The van der Waals surface area contributed by atoms with E-state index in [1.54, 1.807) is 0 Å². The fourth-order valence-corrected chi connectivity index (χ4v) is 2.49. The third-order valence-corrected chi connectivity index (χ3v) is 3.61. The van der Waals surface area contributed by atoms with Crippen molar-refractivity contribution in [3.8, 4) is 0 Å². The van der Waals surface area contributed by atoms with Crippen LogP contribution >= 0.6 is 0 Å². The fraction of sp³-hybridized carbons (Fsp3) is 0.474.